The van der Waals surface area contributed by atoms with E-state index in [9.17, 15) is 0 Å². The highest BCUT2D eigenvalue weighted by atomic mass is 15.1. The molecule has 9 aromatic rings. The van der Waals surface area contributed by atoms with E-state index in [1.807, 2.05) is 6.07 Å². The van der Waals surface area contributed by atoms with Crippen LogP contribution in [0.3, 0.4) is 0 Å². The van der Waals surface area contributed by atoms with Gasteiger partial charge in [-0.2, -0.15) is 0 Å². The Hall–Kier alpha value is -6.78. The summed E-state index contributed by atoms with van der Waals surface area (Å²) in [7, 11) is 0. The lowest BCUT2D eigenvalue weighted by Crippen LogP contribution is -2.17. The Morgan fingerprint density at radius 2 is 0.962 bits per heavy atom. The first-order chi connectivity index (χ1) is 26.0. The van der Waals surface area contributed by atoms with Crippen LogP contribution in [0, 0.1) is 0 Å². The van der Waals surface area contributed by atoms with Gasteiger partial charge in [-0.05, 0) is 112 Å². The van der Waals surface area contributed by atoms with Gasteiger partial charge in [0, 0.05) is 56.9 Å². The lowest BCUT2D eigenvalue weighted by molar-refractivity contribution is 0.660. The van der Waals surface area contributed by atoms with Gasteiger partial charge in [0.2, 0.25) is 0 Å². The molecule has 0 fully saturated rings. The van der Waals surface area contributed by atoms with E-state index in [1.54, 1.807) is 12.4 Å². The van der Waals surface area contributed by atoms with Crippen LogP contribution in [-0.4, -0.2) is 14.5 Å². The Kier molecular flexibility index (Phi) is 7.12. The summed E-state index contributed by atoms with van der Waals surface area (Å²) < 4.78 is 2.42. The number of fused-ring (bicyclic) bond motifs is 6. The molecule has 0 radical (unpaired) electrons. The standard InChI is InChI=1S/C49H36N4/c1-49(2)44-31-38(25-27-40(44)41-28-26-39(32-45(41)49)53-46-15-8-6-13-42(46)43-14-7-9-16-47(43)53)52(36-21-17-34(18-22-36)33-11-4-3-5-12-33)37-23-19-35(20-24-37)48-50-29-10-30-51-48/h3-32H,1-2H3. The highest BCUT2D eigenvalue weighted by molar-refractivity contribution is 6.09. The zero-order valence-electron chi connectivity index (χ0n) is 29.6. The van der Waals surface area contributed by atoms with E-state index >= 15 is 0 Å². The highest BCUT2D eigenvalue weighted by Gasteiger charge is 2.36. The van der Waals surface area contributed by atoms with Gasteiger partial charge in [0.25, 0.3) is 0 Å². The Morgan fingerprint density at radius 3 is 1.60 bits per heavy atom. The fourth-order valence-electron chi connectivity index (χ4n) is 8.28. The number of para-hydroxylation sites is 2. The van der Waals surface area contributed by atoms with Crippen LogP contribution in [0.1, 0.15) is 25.0 Å². The van der Waals surface area contributed by atoms with Gasteiger partial charge in [-0.25, -0.2) is 9.97 Å². The van der Waals surface area contributed by atoms with Gasteiger partial charge >= 0.3 is 0 Å². The summed E-state index contributed by atoms with van der Waals surface area (Å²) in [5.74, 6) is 0.718. The molecule has 0 saturated carbocycles. The quantitative estimate of drug-likeness (QED) is 0.175. The van der Waals surface area contributed by atoms with Crippen LogP contribution in [0.15, 0.2) is 182 Å². The predicted molar refractivity (Wildman–Crippen MR) is 219 cm³/mol. The number of aromatic nitrogens is 3. The fourth-order valence-corrected chi connectivity index (χ4v) is 8.28. The summed E-state index contributed by atoms with van der Waals surface area (Å²) in [5.41, 5.74) is 15.3. The molecule has 53 heavy (non-hydrogen) atoms. The predicted octanol–water partition coefficient (Wildman–Crippen LogP) is 12.7. The van der Waals surface area contributed by atoms with Crippen LogP contribution in [0.5, 0.6) is 0 Å². The number of rotatable bonds is 6. The largest absolute Gasteiger partial charge is 0.310 e. The van der Waals surface area contributed by atoms with Crippen LogP contribution < -0.4 is 4.90 Å². The summed E-state index contributed by atoms with van der Waals surface area (Å²) in [5, 5.41) is 2.55. The third-order valence-corrected chi connectivity index (χ3v) is 10.9. The molecule has 0 atom stereocenters. The number of nitrogens with zero attached hydrogens (tertiary/aromatic N) is 4. The summed E-state index contributed by atoms with van der Waals surface area (Å²) in [6.45, 7) is 4.73. The summed E-state index contributed by atoms with van der Waals surface area (Å²) >= 11 is 0. The van der Waals surface area contributed by atoms with Crippen molar-refractivity contribution in [1.82, 2.24) is 14.5 Å². The van der Waals surface area contributed by atoms with E-state index in [-0.39, 0.29) is 5.41 Å². The second-order valence-electron chi connectivity index (χ2n) is 14.3. The summed E-state index contributed by atoms with van der Waals surface area (Å²) in [6.07, 6.45) is 3.57. The minimum Gasteiger partial charge on any atom is -0.310 e. The number of hydrogen-bond acceptors (Lipinski definition) is 3. The maximum absolute atomic E-state index is 4.48. The Bertz CT molecular complexity index is 2650. The van der Waals surface area contributed by atoms with Gasteiger partial charge in [-0.3, -0.25) is 0 Å². The van der Waals surface area contributed by atoms with E-state index in [1.165, 1.54) is 60.9 Å². The minimum atomic E-state index is -0.215. The van der Waals surface area contributed by atoms with Gasteiger partial charge < -0.3 is 9.47 Å². The third kappa shape index (κ3) is 5.06. The van der Waals surface area contributed by atoms with Crippen molar-refractivity contribution in [2.45, 2.75) is 19.3 Å². The third-order valence-electron chi connectivity index (χ3n) is 10.9. The maximum Gasteiger partial charge on any atom is 0.159 e. The van der Waals surface area contributed by atoms with Crippen molar-refractivity contribution < 1.29 is 0 Å². The Balaban J connectivity index is 1.08. The van der Waals surface area contributed by atoms with Crippen molar-refractivity contribution in [2.24, 2.45) is 0 Å². The minimum absolute atomic E-state index is 0.215. The van der Waals surface area contributed by atoms with Crippen molar-refractivity contribution in [1.29, 1.82) is 0 Å². The van der Waals surface area contributed by atoms with Crippen molar-refractivity contribution in [3.05, 3.63) is 193 Å². The molecule has 0 N–H and O–H groups in total. The molecule has 4 nitrogen and oxygen atoms in total. The molecule has 2 heterocycles. The molecule has 0 bridgehead atoms. The molecule has 0 aliphatic heterocycles. The van der Waals surface area contributed by atoms with Gasteiger partial charge in [0.05, 0.1) is 11.0 Å². The van der Waals surface area contributed by atoms with Crippen LogP contribution in [0.4, 0.5) is 17.1 Å². The topological polar surface area (TPSA) is 34.0 Å². The molecule has 1 aliphatic rings. The van der Waals surface area contributed by atoms with Gasteiger partial charge in [0.1, 0.15) is 0 Å². The lowest BCUT2D eigenvalue weighted by atomic mass is 9.82. The molecule has 2 aromatic heterocycles. The first-order valence-corrected chi connectivity index (χ1v) is 18.2. The molecular formula is C49H36N4. The zero-order chi connectivity index (χ0) is 35.5. The Labute approximate surface area is 309 Å². The molecule has 0 amide bonds. The SMILES string of the molecule is CC1(C)c2cc(N(c3ccc(-c4ccccc4)cc3)c3ccc(-c4ncccn4)cc3)ccc2-c2ccc(-n3c4ccccc4c4ccccc43)cc21. The average Bonchev–Trinajstić information content (AvgIpc) is 3.67. The summed E-state index contributed by atoms with van der Waals surface area (Å²) in [4.78, 5) is 11.3. The van der Waals surface area contributed by atoms with Crippen LogP contribution in [0.25, 0.3) is 61.1 Å². The Morgan fingerprint density at radius 1 is 0.453 bits per heavy atom. The molecule has 0 unspecified atom stereocenters. The van der Waals surface area contributed by atoms with Gasteiger partial charge in [-0.15, -0.1) is 0 Å². The lowest BCUT2D eigenvalue weighted by Gasteiger charge is -2.28. The number of benzene rings is 7. The fraction of sp³-hybridized carbons (Fsp3) is 0.0612. The van der Waals surface area contributed by atoms with E-state index in [0.717, 1.165) is 28.5 Å². The molecular weight excluding hydrogens is 645 g/mol. The van der Waals surface area contributed by atoms with Crippen molar-refractivity contribution in [2.75, 3.05) is 4.90 Å². The van der Waals surface area contributed by atoms with Crippen molar-refractivity contribution in [3.8, 4) is 39.3 Å². The van der Waals surface area contributed by atoms with E-state index in [4.69, 9.17) is 0 Å². The molecule has 7 aromatic carbocycles. The van der Waals surface area contributed by atoms with E-state index in [2.05, 4.69) is 197 Å². The molecule has 10 rings (SSSR count). The van der Waals surface area contributed by atoms with Gasteiger partial charge in [0.15, 0.2) is 5.82 Å². The molecule has 0 spiro atoms. The molecule has 252 valence electrons. The number of anilines is 3. The summed E-state index contributed by atoms with van der Waals surface area (Å²) in [6, 6.07) is 61.3. The van der Waals surface area contributed by atoms with Gasteiger partial charge in [-0.1, -0.05) is 105 Å². The van der Waals surface area contributed by atoms with Crippen LogP contribution in [0.2, 0.25) is 0 Å². The number of hydrogen-bond donors (Lipinski definition) is 0. The zero-order valence-corrected chi connectivity index (χ0v) is 29.6. The second kappa shape index (κ2) is 12.2. The van der Waals surface area contributed by atoms with Crippen molar-refractivity contribution in [3.63, 3.8) is 0 Å². The van der Waals surface area contributed by atoms with E-state index in [0.29, 0.717) is 0 Å². The van der Waals surface area contributed by atoms with E-state index < -0.39 is 0 Å². The molecule has 0 saturated heterocycles. The molecule has 1 aliphatic carbocycles. The smallest absolute Gasteiger partial charge is 0.159 e. The van der Waals surface area contributed by atoms with Crippen LogP contribution in [-0.2, 0) is 5.41 Å². The van der Waals surface area contributed by atoms with Crippen molar-refractivity contribution >= 4 is 38.9 Å². The average molecular weight is 681 g/mol. The second-order valence-corrected chi connectivity index (χ2v) is 14.3. The van der Waals surface area contributed by atoms with Crippen LogP contribution >= 0.6 is 0 Å². The monoisotopic (exact) mass is 680 g/mol. The first-order valence-electron chi connectivity index (χ1n) is 18.2. The maximum atomic E-state index is 4.48. The molecule has 4 heteroatoms. The highest BCUT2D eigenvalue weighted by Crippen LogP contribution is 2.51. The first kappa shape index (κ1) is 31.0. The normalized spacial score (nSPS) is 12.9.